The minimum atomic E-state index is -0.131. The lowest BCUT2D eigenvalue weighted by molar-refractivity contribution is -0.144. The number of hydrogen-bond acceptors (Lipinski definition) is 3. The van der Waals surface area contributed by atoms with Crippen LogP contribution in [0.15, 0.2) is 0 Å². The van der Waals surface area contributed by atoms with Crippen molar-refractivity contribution in [2.24, 2.45) is 0 Å². The predicted octanol–water partition coefficient (Wildman–Crippen LogP) is 1.28. The van der Waals surface area contributed by atoms with E-state index >= 15 is 0 Å². The number of rotatable bonds is 5. The van der Waals surface area contributed by atoms with Gasteiger partial charge in [-0.05, 0) is 27.3 Å². The molecule has 0 aromatic carbocycles. The largest absolute Gasteiger partial charge is 0.465 e. The average molecular weight is 173 g/mol. The third kappa shape index (κ3) is 4.34. The molecule has 0 spiro atoms. The molecule has 0 N–H and O–H groups in total. The summed E-state index contributed by atoms with van der Waals surface area (Å²) in [5, 5.41) is 0. The molecular formula is C9H19NO2. The van der Waals surface area contributed by atoms with Gasteiger partial charge in [0.2, 0.25) is 0 Å². The summed E-state index contributed by atoms with van der Waals surface area (Å²) in [6.45, 7) is 9.77. The molecular weight excluding hydrogens is 154 g/mol. The van der Waals surface area contributed by atoms with E-state index in [9.17, 15) is 4.79 Å². The number of likely N-dealkylation sites (N-methyl/N-ethyl adjacent to an activating group) is 1. The first-order valence-corrected chi connectivity index (χ1v) is 4.51. The molecule has 12 heavy (non-hydrogen) atoms. The molecule has 0 saturated heterocycles. The van der Waals surface area contributed by atoms with E-state index in [2.05, 4.69) is 18.7 Å². The van der Waals surface area contributed by atoms with Gasteiger partial charge in [0.25, 0.3) is 0 Å². The summed E-state index contributed by atoms with van der Waals surface area (Å²) in [6, 6.07) is 0.402. The van der Waals surface area contributed by atoms with Crippen molar-refractivity contribution in [1.29, 1.82) is 0 Å². The normalized spacial score (nSPS) is 10.8. The molecule has 0 bridgehead atoms. The van der Waals surface area contributed by atoms with E-state index in [1.54, 1.807) is 0 Å². The van der Waals surface area contributed by atoms with Crippen molar-refractivity contribution in [3.05, 3.63) is 0 Å². The molecule has 0 aliphatic carbocycles. The number of nitrogens with zero attached hydrogens (tertiary/aromatic N) is 1. The third-order valence-corrected chi connectivity index (χ3v) is 1.77. The molecule has 3 heteroatoms. The summed E-state index contributed by atoms with van der Waals surface area (Å²) in [6.07, 6.45) is 0. The minimum absolute atomic E-state index is 0.131. The molecule has 0 fully saturated rings. The molecule has 0 unspecified atom stereocenters. The molecule has 0 aromatic rings. The summed E-state index contributed by atoms with van der Waals surface area (Å²) >= 11 is 0. The van der Waals surface area contributed by atoms with Crippen LogP contribution >= 0.6 is 0 Å². The van der Waals surface area contributed by atoms with Gasteiger partial charge in [0.1, 0.15) is 0 Å². The number of esters is 1. The van der Waals surface area contributed by atoms with E-state index < -0.39 is 0 Å². The fraction of sp³-hybridized carbons (Fsp3) is 0.889. The van der Waals surface area contributed by atoms with Crippen molar-refractivity contribution < 1.29 is 9.53 Å². The van der Waals surface area contributed by atoms with E-state index in [1.807, 2.05) is 13.8 Å². The van der Waals surface area contributed by atoms with E-state index in [1.165, 1.54) is 0 Å². The molecule has 0 saturated carbocycles. The lowest BCUT2D eigenvalue weighted by Gasteiger charge is -2.23. The van der Waals surface area contributed by atoms with Gasteiger partial charge in [-0.15, -0.1) is 0 Å². The highest BCUT2D eigenvalue weighted by molar-refractivity contribution is 5.71. The monoisotopic (exact) mass is 173 g/mol. The molecule has 0 heterocycles. The highest BCUT2D eigenvalue weighted by Crippen LogP contribution is 1.97. The molecule has 0 amide bonds. The zero-order valence-corrected chi connectivity index (χ0v) is 8.46. The van der Waals surface area contributed by atoms with Gasteiger partial charge >= 0.3 is 5.97 Å². The molecule has 0 rings (SSSR count). The summed E-state index contributed by atoms with van der Waals surface area (Å²) in [4.78, 5) is 13.1. The first-order valence-electron chi connectivity index (χ1n) is 4.51. The van der Waals surface area contributed by atoms with Gasteiger partial charge in [-0.3, -0.25) is 9.69 Å². The zero-order valence-electron chi connectivity index (χ0n) is 8.46. The number of ether oxygens (including phenoxy) is 1. The van der Waals surface area contributed by atoms with E-state index in [0.717, 1.165) is 6.54 Å². The third-order valence-electron chi connectivity index (χ3n) is 1.77. The minimum Gasteiger partial charge on any atom is -0.465 e. The fourth-order valence-electron chi connectivity index (χ4n) is 1.03. The summed E-state index contributed by atoms with van der Waals surface area (Å²) in [5.74, 6) is -0.131. The van der Waals surface area contributed by atoms with Gasteiger partial charge in [-0.2, -0.15) is 0 Å². The Kier molecular flexibility index (Phi) is 5.72. The topological polar surface area (TPSA) is 29.5 Å². The van der Waals surface area contributed by atoms with Crippen LogP contribution in [-0.4, -0.2) is 36.6 Å². The van der Waals surface area contributed by atoms with Crippen molar-refractivity contribution in [2.75, 3.05) is 19.7 Å². The van der Waals surface area contributed by atoms with Gasteiger partial charge in [-0.25, -0.2) is 0 Å². The molecule has 0 aliphatic rings. The number of hydrogen-bond donors (Lipinski definition) is 0. The Labute approximate surface area is 74.7 Å². The van der Waals surface area contributed by atoms with Crippen molar-refractivity contribution in [3.63, 3.8) is 0 Å². The Morgan fingerprint density at radius 3 is 2.33 bits per heavy atom. The van der Waals surface area contributed by atoms with Crippen LogP contribution in [0.2, 0.25) is 0 Å². The summed E-state index contributed by atoms with van der Waals surface area (Å²) < 4.78 is 4.84. The predicted molar refractivity (Wildman–Crippen MR) is 49.0 cm³/mol. The zero-order chi connectivity index (χ0) is 9.56. The van der Waals surface area contributed by atoms with Crippen LogP contribution in [0, 0.1) is 0 Å². The molecule has 0 aromatic heterocycles. The fourth-order valence-corrected chi connectivity index (χ4v) is 1.03. The average Bonchev–Trinajstić information content (AvgIpc) is 2.00. The standard InChI is InChI=1S/C9H19NO2/c1-5-10(8(3)4)7-9(11)12-6-2/h8H,5-7H2,1-4H3. The van der Waals surface area contributed by atoms with Crippen molar-refractivity contribution in [3.8, 4) is 0 Å². The van der Waals surface area contributed by atoms with E-state index in [-0.39, 0.29) is 5.97 Å². The Balaban J connectivity index is 3.77. The Hall–Kier alpha value is -0.570. The quantitative estimate of drug-likeness (QED) is 0.586. The van der Waals surface area contributed by atoms with Crippen LogP contribution < -0.4 is 0 Å². The highest BCUT2D eigenvalue weighted by atomic mass is 16.5. The SMILES string of the molecule is CCOC(=O)CN(CC)C(C)C. The van der Waals surface area contributed by atoms with Crippen molar-refractivity contribution >= 4 is 5.97 Å². The van der Waals surface area contributed by atoms with Crippen molar-refractivity contribution in [1.82, 2.24) is 4.90 Å². The van der Waals surface area contributed by atoms with E-state index in [4.69, 9.17) is 4.74 Å². The van der Waals surface area contributed by atoms with Crippen LogP contribution in [0.5, 0.6) is 0 Å². The van der Waals surface area contributed by atoms with Gasteiger partial charge in [0.15, 0.2) is 0 Å². The maximum Gasteiger partial charge on any atom is 0.320 e. The van der Waals surface area contributed by atoms with Crippen LogP contribution in [0.3, 0.4) is 0 Å². The molecule has 72 valence electrons. The maximum absolute atomic E-state index is 11.1. The summed E-state index contributed by atoms with van der Waals surface area (Å²) in [5.41, 5.74) is 0. The van der Waals surface area contributed by atoms with Crippen molar-refractivity contribution in [2.45, 2.75) is 33.7 Å². The van der Waals surface area contributed by atoms with Gasteiger partial charge in [-0.1, -0.05) is 6.92 Å². The lowest BCUT2D eigenvalue weighted by atomic mass is 10.3. The lowest BCUT2D eigenvalue weighted by Crippen LogP contribution is -2.36. The van der Waals surface area contributed by atoms with Crippen LogP contribution in [-0.2, 0) is 9.53 Å². The number of carbonyl (C=O) groups excluding carboxylic acids is 1. The second-order valence-corrected chi connectivity index (χ2v) is 2.96. The van der Waals surface area contributed by atoms with E-state index in [0.29, 0.717) is 19.2 Å². The molecule has 3 nitrogen and oxygen atoms in total. The molecule has 0 aliphatic heterocycles. The Bertz CT molecular complexity index is 134. The Morgan fingerprint density at radius 1 is 1.42 bits per heavy atom. The van der Waals surface area contributed by atoms with Crippen LogP contribution in [0.1, 0.15) is 27.7 Å². The Morgan fingerprint density at radius 2 is 2.00 bits per heavy atom. The van der Waals surface area contributed by atoms with Crippen LogP contribution in [0.4, 0.5) is 0 Å². The van der Waals surface area contributed by atoms with Gasteiger partial charge in [0, 0.05) is 6.04 Å². The maximum atomic E-state index is 11.1. The van der Waals surface area contributed by atoms with Gasteiger partial charge in [0.05, 0.1) is 13.2 Å². The van der Waals surface area contributed by atoms with Crippen LogP contribution in [0.25, 0.3) is 0 Å². The smallest absolute Gasteiger partial charge is 0.320 e. The molecule has 0 radical (unpaired) electrons. The number of carbonyl (C=O) groups is 1. The first kappa shape index (κ1) is 11.4. The molecule has 0 atom stereocenters. The highest BCUT2D eigenvalue weighted by Gasteiger charge is 2.11. The second-order valence-electron chi connectivity index (χ2n) is 2.96. The van der Waals surface area contributed by atoms with Gasteiger partial charge < -0.3 is 4.74 Å². The summed E-state index contributed by atoms with van der Waals surface area (Å²) in [7, 11) is 0. The first-order chi connectivity index (χ1) is 5.61. The second kappa shape index (κ2) is 6.00.